The fraction of sp³-hybridized carbons (Fsp3) is 0.538. The van der Waals surface area contributed by atoms with Gasteiger partial charge in [-0.2, -0.15) is 4.39 Å². The SMILES string of the molecule is CC(C)(C)C(=O)N1OCC[C@H]1c1ccc(F)nc1. The second-order valence-corrected chi connectivity index (χ2v) is 5.43. The molecule has 98 valence electrons. The molecule has 1 saturated heterocycles. The number of nitrogens with zero attached hydrogens (tertiary/aromatic N) is 2. The van der Waals surface area contributed by atoms with Crippen molar-refractivity contribution in [2.75, 3.05) is 6.61 Å². The van der Waals surface area contributed by atoms with Crippen molar-refractivity contribution in [3.8, 4) is 0 Å². The van der Waals surface area contributed by atoms with Crippen molar-refractivity contribution in [1.82, 2.24) is 10.0 Å². The van der Waals surface area contributed by atoms with Crippen LogP contribution in [0.2, 0.25) is 0 Å². The molecule has 0 bridgehead atoms. The van der Waals surface area contributed by atoms with Crippen LogP contribution in [0.5, 0.6) is 0 Å². The smallest absolute Gasteiger partial charge is 0.252 e. The van der Waals surface area contributed by atoms with Crippen molar-refractivity contribution in [1.29, 1.82) is 0 Å². The Bertz CT molecular complexity index is 439. The number of aromatic nitrogens is 1. The summed E-state index contributed by atoms with van der Waals surface area (Å²) in [4.78, 5) is 21.2. The van der Waals surface area contributed by atoms with Gasteiger partial charge in [0.05, 0.1) is 12.6 Å². The number of amides is 1. The summed E-state index contributed by atoms with van der Waals surface area (Å²) in [6.07, 6.45) is 2.16. The van der Waals surface area contributed by atoms with E-state index in [2.05, 4.69) is 4.98 Å². The molecule has 0 aromatic carbocycles. The first-order valence-electron chi connectivity index (χ1n) is 5.97. The molecule has 1 fully saturated rings. The molecular weight excluding hydrogens is 235 g/mol. The second kappa shape index (κ2) is 4.65. The number of rotatable bonds is 1. The molecule has 1 atom stereocenters. The van der Waals surface area contributed by atoms with Gasteiger partial charge in [-0.1, -0.05) is 26.8 Å². The Morgan fingerprint density at radius 2 is 2.22 bits per heavy atom. The van der Waals surface area contributed by atoms with Crippen LogP contribution in [0.3, 0.4) is 0 Å². The van der Waals surface area contributed by atoms with Crippen LogP contribution in [0.25, 0.3) is 0 Å². The Balaban J connectivity index is 2.22. The summed E-state index contributed by atoms with van der Waals surface area (Å²) < 4.78 is 12.8. The molecule has 2 rings (SSSR count). The highest BCUT2D eigenvalue weighted by molar-refractivity contribution is 5.81. The third-order valence-corrected chi connectivity index (χ3v) is 2.88. The molecule has 1 aromatic rings. The predicted octanol–water partition coefficient (Wildman–Crippen LogP) is 2.47. The number of hydrogen-bond donors (Lipinski definition) is 0. The first-order valence-corrected chi connectivity index (χ1v) is 5.97. The van der Waals surface area contributed by atoms with Crippen LogP contribution in [-0.4, -0.2) is 22.6 Å². The molecule has 1 amide bonds. The maximum atomic E-state index is 12.8. The Morgan fingerprint density at radius 1 is 1.50 bits per heavy atom. The number of hydroxylamine groups is 2. The van der Waals surface area contributed by atoms with E-state index < -0.39 is 11.4 Å². The molecule has 2 heterocycles. The quantitative estimate of drug-likeness (QED) is 0.721. The summed E-state index contributed by atoms with van der Waals surface area (Å²) in [5, 5.41) is 1.40. The van der Waals surface area contributed by atoms with E-state index in [1.165, 1.54) is 17.3 Å². The predicted molar refractivity (Wildman–Crippen MR) is 63.8 cm³/mol. The van der Waals surface area contributed by atoms with Gasteiger partial charge >= 0.3 is 0 Å². The van der Waals surface area contributed by atoms with Gasteiger partial charge in [-0.15, -0.1) is 0 Å². The summed E-state index contributed by atoms with van der Waals surface area (Å²) >= 11 is 0. The molecule has 4 nitrogen and oxygen atoms in total. The molecule has 0 unspecified atom stereocenters. The lowest BCUT2D eigenvalue weighted by Gasteiger charge is -2.28. The van der Waals surface area contributed by atoms with E-state index in [9.17, 15) is 9.18 Å². The molecule has 5 heteroatoms. The highest BCUT2D eigenvalue weighted by Gasteiger charge is 2.37. The van der Waals surface area contributed by atoms with E-state index in [0.29, 0.717) is 13.0 Å². The number of carbonyl (C=O) groups excluding carboxylic acids is 1. The fourth-order valence-electron chi connectivity index (χ4n) is 1.89. The van der Waals surface area contributed by atoms with E-state index in [1.54, 1.807) is 6.07 Å². The summed E-state index contributed by atoms with van der Waals surface area (Å²) in [6.45, 7) is 6.02. The van der Waals surface area contributed by atoms with Gasteiger partial charge in [0, 0.05) is 18.0 Å². The zero-order valence-corrected chi connectivity index (χ0v) is 10.8. The van der Waals surface area contributed by atoms with Gasteiger partial charge in [0.15, 0.2) is 0 Å². The van der Waals surface area contributed by atoms with E-state index in [4.69, 9.17) is 4.84 Å². The Hall–Kier alpha value is -1.49. The van der Waals surface area contributed by atoms with E-state index >= 15 is 0 Å². The van der Waals surface area contributed by atoms with Gasteiger partial charge in [0.25, 0.3) is 5.91 Å². The Labute approximate surface area is 106 Å². The molecule has 0 aliphatic carbocycles. The first kappa shape index (κ1) is 13.0. The molecule has 1 aromatic heterocycles. The van der Waals surface area contributed by atoms with Gasteiger partial charge in [-0.3, -0.25) is 9.63 Å². The van der Waals surface area contributed by atoms with Crippen LogP contribution in [0.1, 0.15) is 38.8 Å². The second-order valence-electron chi connectivity index (χ2n) is 5.43. The average molecular weight is 252 g/mol. The molecule has 1 aliphatic heterocycles. The number of pyridine rings is 1. The van der Waals surface area contributed by atoms with E-state index in [-0.39, 0.29) is 11.9 Å². The Kier molecular flexibility index (Phi) is 3.34. The minimum absolute atomic E-state index is 0.0747. The van der Waals surface area contributed by atoms with Crippen LogP contribution in [0.4, 0.5) is 4.39 Å². The van der Waals surface area contributed by atoms with Gasteiger partial charge in [-0.05, 0) is 11.6 Å². The van der Waals surface area contributed by atoms with E-state index in [0.717, 1.165) is 5.56 Å². The first-order chi connectivity index (χ1) is 8.39. The number of hydrogen-bond acceptors (Lipinski definition) is 3. The lowest BCUT2D eigenvalue weighted by atomic mass is 9.94. The maximum Gasteiger partial charge on any atom is 0.252 e. The van der Waals surface area contributed by atoms with Gasteiger partial charge < -0.3 is 0 Å². The summed E-state index contributed by atoms with van der Waals surface area (Å²) in [7, 11) is 0. The summed E-state index contributed by atoms with van der Waals surface area (Å²) in [6, 6.07) is 2.77. The molecule has 0 radical (unpaired) electrons. The zero-order chi connectivity index (χ0) is 13.3. The van der Waals surface area contributed by atoms with Crippen molar-refractivity contribution in [3.63, 3.8) is 0 Å². The highest BCUT2D eigenvalue weighted by Crippen LogP contribution is 2.33. The molecule has 0 N–H and O–H groups in total. The third kappa shape index (κ3) is 2.51. The van der Waals surface area contributed by atoms with Crippen molar-refractivity contribution < 1.29 is 14.0 Å². The van der Waals surface area contributed by atoms with Crippen LogP contribution in [-0.2, 0) is 9.63 Å². The fourth-order valence-corrected chi connectivity index (χ4v) is 1.89. The van der Waals surface area contributed by atoms with Crippen molar-refractivity contribution >= 4 is 5.91 Å². The van der Waals surface area contributed by atoms with Crippen molar-refractivity contribution in [3.05, 3.63) is 29.8 Å². The monoisotopic (exact) mass is 252 g/mol. The van der Waals surface area contributed by atoms with Crippen LogP contribution >= 0.6 is 0 Å². The van der Waals surface area contributed by atoms with Gasteiger partial charge in [-0.25, -0.2) is 10.0 Å². The lowest BCUT2D eigenvalue weighted by molar-refractivity contribution is -0.186. The lowest BCUT2D eigenvalue weighted by Crippen LogP contribution is -2.38. The minimum atomic E-state index is -0.522. The largest absolute Gasteiger partial charge is 0.272 e. The third-order valence-electron chi connectivity index (χ3n) is 2.88. The standard InChI is InChI=1S/C13H17FN2O2/c1-13(2,3)12(17)16-10(6-7-18-16)9-4-5-11(14)15-8-9/h4-5,8,10H,6-7H2,1-3H3/t10-/m0/s1. The number of halogens is 1. The highest BCUT2D eigenvalue weighted by atomic mass is 19.1. The minimum Gasteiger partial charge on any atom is -0.272 e. The summed E-state index contributed by atoms with van der Waals surface area (Å²) in [5.41, 5.74) is 0.294. The van der Waals surface area contributed by atoms with Crippen LogP contribution < -0.4 is 0 Å². The average Bonchev–Trinajstić information content (AvgIpc) is 2.76. The van der Waals surface area contributed by atoms with E-state index in [1.807, 2.05) is 20.8 Å². The molecule has 1 aliphatic rings. The Morgan fingerprint density at radius 3 is 2.78 bits per heavy atom. The van der Waals surface area contributed by atoms with Gasteiger partial charge in [0.2, 0.25) is 5.95 Å². The maximum absolute atomic E-state index is 12.8. The topological polar surface area (TPSA) is 42.4 Å². The molecule has 0 spiro atoms. The normalized spacial score (nSPS) is 20.2. The van der Waals surface area contributed by atoms with Crippen molar-refractivity contribution in [2.24, 2.45) is 5.41 Å². The number of carbonyl (C=O) groups is 1. The zero-order valence-electron chi connectivity index (χ0n) is 10.8. The summed E-state index contributed by atoms with van der Waals surface area (Å²) in [5.74, 6) is -0.597. The molecule has 18 heavy (non-hydrogen) atoms. The van der Waals surface area contributed by atoms with Crippen LogP contribution in [0.15, 0.2) is 18.3 Å². The van der Waals surface area contributed by atoms with Crippen LogP contribution in [0, 0.1) is 11.4 Å². The molecular formula is C13H17FN2O2. The van der Waals surface area contributed by atoms with Gasteiger partial charge in [0.1, 0.15) is 0 Å². The molecule has 0 saturated carbocycles. The van der Waals surface area contributed by atoms with Crippen molar-refractivity contribution in [2.45, 2.75) is 33.2 Å².